The molecule has 2 aromatic rings. The van der Waals surface area contributed by atoms with E-state index in [1.54, 1.807) is 12.1 Å². The normalized spacial score (nSPS) is 14.7. The number of hydrogen-bond donors (Lipinski definition) is 1. The summed E-state index contributed by atoms with van der Waals surface area (Å²) in [5.41, 5.74) is 1.32. The zero-order valence-electron chi connectivity index (χ0n) is 12.1. The van der Waals surface area contributed by atoms with Gasteiger partial charge >= 0.3 is 0 Å². The molecule has 3 rings (SSSR count). The first-order valence-corrected chi connectivity index (χ1v) is 8.17. The van der Waals surface area contributed by atoms with Gasteiger partial charge in [0.25, 0.3) is 5.91 Å². The quantitative estimate of drug-likeness (QED) is 0.908. The number of likely N-dealkylation sites (tertiary alicyclic amines) is 1. The van der Waals surface area contributed by atoms with E-state index in [0.29, 0.717) is 11.5 Å². The van der Waals surface area contributed by atoms with Crippen LogP contribution in [0.2, 0.25) is 0 Å². The molecule has 1 aliphatic heterocycles. The molecule has 1 N–H and O–H groups in total. The maximum absolute atomic E-state index is 12.3. The van der Waals surface area contributed by atoms with Crippen LogP contribution in [0.3, 0.4) is 0 Å². The number of halogens is 1. The van der Waals surface area contributed by atoms with Crippen LogP contribution < -0.4 is 5.32 Å². The summed E-state index contributed by atoms with van der Waals surface area (Å²) < 4.78 is 0.988. The number of anilines is 2. The predicted octanol–water partition coefficient (Wildman–Crippen LogP) is 3.61. The predicted molar refractivity (Wildman–Crippen MR) is 89.2 cm³/mol. The van der Waals surface area contributed by atoms with Crippen LogP contribution in [0.4, 0.5) is 11.5 Å². The van der Waals surface area contributed by atoms with E-state index in [1.807, 2.05) is 29.2 Å². The van der Waals surface area contributed by atoms with Crippen LogP contribution in [-0.2, 0) is 0 Å². The Morgan fingerprint density at radius 1 is 1.09 bits per heavy atom. The van der Waals surface area contributed by atoms with Crippen molar-refractivity contribution >= 4 is 33.3 Å². The lowest BCUT2D eigenvalue weighted by atomic mass is 10.1. The number of rotatable bonds is 3. The summed E-state index contributed by atoms with van der Waals surface area (Å²) in [6.45, 7) is 1.64. The van der Waals surface area contributed by atoms with E-state index in [2.05, 4.69) is 31.4 Å². The Kier molecular flexibility index (Phi) is 4.68. The van der Waals surface area contributed by atoms with Gasteiger partial charge in [-0.15, -0.1) is 10.2 Å². The Morgan fingerprint density at radius 2 is 1.91 bits per heavy atom. The summed E-state index contributed by atoms with van der Waals surface area (Å²) in [6, 6.07) is 11.3. The standard InChI is InChI=1S/C16H17BrN4O/c17-12-5-4-6-13(11-12)18-15-8-7-14(19-20-15)16(22)21-9-2-1-3-10-21/h4-8,11H,1-3,9-10H2,(H,18,20). The average molecular weight is 361 g/mol. The van der Waals surface area contributed by atoms with E-state index in [9.17, 15) is 4.79 Å². The number of nitrogens with zero attached hydrogens (tertiary/aromatic N) is 3. The lowest BCUT2D eigenvalue weighted by molar-refractivity contribution is 0.0717. The summed E-state index contributed by atoms with van der Waals surface area (Å²) >= 11 is 3.42. The molecule has 5 nitrogen and oxygen atoms in total. The number of carbonyl (C=O) groups excluding carboxylic acids is 1. The smallest absolute Gasteiger partial charge is 0.274 e. The van der Waals surface area contributed by atoms with Gasteiger partial charge in [-0.05, 0) is 49.6 Å². The first-order valence-electron chi connectivity index (χ1n) is 7.38. The summed E-state index contributed by atoms with van der Waals surface area (Å²) in [4.78, 5) is 14.2. The molecule has 0 aliphatic carbocycles. The molecule has 1 aliphatic rings. The van der Waals surface area contributed by atoms with Crippen molar-refractivity contribution in [3.05, 3.63) is 46.6 Å². The van der Waals surface area contributed by atoms with Gasteiger partial charge in [0.1, 0.15) is 0 Å². The summed E-state index contributed by atoms with van der Waals surface area (Å²) in [7, 11) is 0. The SMILES string of the molecule is O=C(c1ccc(Nc2cccc(Br)c2)nn1)N1CCCCC1. The number of nitrogens with one attached hydrogen (secondary N) is 1. The Labute approximate surface area is 137 Å². The first kappa shape index (κ1) is 15.0. The van der Waals surface area contributed by atoms with Crippen LogP contribution in [0, 0.1) is 0 Å². The average Bonchev–Trinajstić information content (AvgIpc) is 2.56. The highest BCUT2D eigenvalue weighted by Gasteiger charge is 2.19. The maximum Gasteiger partial charge on any atom is 0.274 e. The van der Waals surface area contributed by atoms with E-state index < -0.39 is 0 Å². The van der Waals surface area contributed by atoms with Crippen LogP contribution in [0.5, 0.6) is 0 Å². The van der Waals surface area contributed by atoms with E-state index in [4.69, 9.17) is 0 Å². The lowest BCUT2D eigenvalue weighted by Gasteiger charge is -2.26. The fourth-order valence-electron chi connectivity index (χ4n) is 2.49. The topological polar surface area (TPSA) is 58.1 Å². The molecule has 0 radical (unpaired) electrons. The molecule has 1 aromatic heterocycles. The minimum Gasteiger partial charge on any atom is -0.339 e. The Hall–Kier alpha value is -1.95. The molecule has 1 saturated heterocycles. The second-order valence-electron chi connectivity index (χ2n) is 5.29. The molecule has 22 heavy (non-hydrogen) atoms. The van der Waals surface area contributed by atoms with Gasteiger partial charge in [0.05, 0.1) is 0 Å². The number of piperidine rings is 1. The molecule has 1 amide bonds. The summed E-state index contributed by atoms with van der Waals surface area (Å²) in [6.07, 6.45) is 3.34. The van der Waals surface area contributed by atoms with Crippen molar-refractivity contribution in [1.82, 2.24) is 15.1 Å². The molecule has 6 heteroatoms. The van der Waals surface area contributed by atoms with E-state index in [-0.39, 0.29) is 5.91 Å². The van der Waals surface area contributed by atoms with Gasteiger partial charge < -0.3 is 10.2 Å². The van der Waals surface area contributed by atoms with Gasteiger partial charge in [0.2, 0.25) is 0 Å². The molecule has 0 saturated carbocycles. The summed E-state index contributed by atoms with van der Waals surface area (Å²) in [5, 5.41) is 11.3. The number of carbonyl (C=O) groups is 1. The van der Waals surface area contributed by atoms with Crippen LogP contribution in [0.1, 0.15) is 29.8 Å². The van der Waals surface area contributed by atoms with Gasteiger partial charge in [0, 0.05) is 23.2 Å². The highest BCUT2D eigenvalue weighted by Crippen LogP contribution is 2.19. The number of amides is 1. The molecule has 114 valence electrons. The van der Waals surface area contributed by atoms with Crippen molar-refractivity contribution in [3.63, 3.8) is 0 Å². The lowest BCUT2D eigenvalue weighted by Crippen LogP contribution is -2.36. The zero-order chi connectivity index (χ0) is 15.4. The fourth-order valence-corrected chi connectivity index (χ4v) is 2.89. The van der Waals surface area contributed by atoms with Crippen LogP contribution >= 0.6 is 15.9 Å². The van der Waals surface area contributed by atoms with Crippen LogP contribution in [0.15, 0.2) is 40.9 Å². The summed E-state index contributed by atoms with van der Waals surface area (Å²) in [5.74, 6) is 0.592. The number of aromatic nitrogens is 2. The fraction of sp³-hybridized carbons (Fsp3) is 0.312. The largest absolute Gasteiger partial charge is 0.339 e. The first-order chi connectivity index (χ1) is 10.7. The molecule has 0 bridgehead atoms. The van der Waals surface area contributed by atoms with Crippen molar-refractivity contribution < 1.29 is 4.79 Å². The molecule has 0 atom stereocenters. The van der Waals surface area contributed by atoms with Crippen molar-refractivity contribution in [3.8, 4) is 0 Å². The second kappa shape index (κ2) is 6.87. The van der Waals surface area contributed by atoms with E-state index in [1.165, 1.54) is 6.42 Å². The van der Waals surface area contributed by atoms with Crippen molar-refractivity contribution in [2.45, 2.75) is 19.3 Å². The maximum atomic E-state index is 12.3. The van der Waals surface area contributed by atoms with E-state index >= 15 is 0 Å². The minimum absolute atomic E-state index is 0.0267. The third kappa shape index (κ3) is 3.62. The Balaban J connectivity index is 1.68. The van der Waals surface area contributed by atoms with Crippen molar-refractivity contribution in [1.29, 1.82) is 0 Å². The number of hydrogen-bond acceptors (Lipinski definition) is 4. The Morgan fingerprint density at radius 3 is 2.59 bits per heavy atom. The highest BCUT2D eigenvalue weighted by atomic mass is 79.9. The monoisotopic (exact) mass is 360 g/mol. The van der Waals surface area contributed by atoms with Crippen LogP contribution in [0.25, 0.3) is 0 Å². The van der Waals surface area contributed by atoms with Gasteiger partial charge in [-0.25, -0.2) is 0 Å². The van der Waals surface area contributed by atoms with Crippen molar-refractivity contribution in [2.75, 3.05) is 18.4 Å². The second-order valence-corrected chi connectivity index (χ2v) is 6.21. The van der Waals surface area contributed by atoms with Gasteiger partial charge in [-0.3, -0.25) is 4.79 Å². The molecule has 2 heterocycles. The third-order valence-corrected chi connectivity index (χ3v) is 4.12. The van der Waals surface area contributed by atoms with Gasteiger partial charge in [0.15, 0.2) is 11.5 Å². The number of benzene rings is 1. The van der Waals surface area contributed by atoms with E-state index in [0.717, 1.165) is 36.1 Å². The highest BCUT2D eigenvalue weighted by molar-refractivity contribution is 9.10. The minimum atomic E-state index is -0.0267. The molecule has 0 spiro atoms. The van der Waals surface area contributed by atoms with Gasteiger partial charge in [-0.1, -0.05) is 22.0 Å². The molecular formula is C16H17BrN4O. The third-order valence-electron chi connectivity index (χ3n) is 3.62. The zero-order valence-corrected chi connectivity index (χ0v) is 13.7. The van der Waals surface area contributed by atoms with Crippen molar-refractivity contribution in [2.24, 2.45) is 0 Å². The molecule has 1 aromatic carbocycles. The van der Waals surface area contributed by atoms with Gasteiger partial charge in [-0.2, -0.15) is 0 Å². The molecule has 1 fully saturated rings. The molecule has 0 unspecified atom stereocenters. The Bertz CT molecular complexity index is 653. The van der Waals surface area contributed by atoms with Crippen LogP contribution in [-0.4, -0.2) is 34.1 Å². The molecular weight excluding hydrogens is 344 g/mol.